The Hall–Kier alpha value is -1.51. The van der Waals surface area contributed by atoms with Crippen molar-refractivity contribution in [2.24, 2.45) is 5.92 Å². The number of hydrogen-bond donors (Lipinski definition) is 0. The average molecular weight is 315 g/mol. The van der Waals surface area contributed by atoms with Gasteiger partial charge in [0.2, 0.25) is 0 Å². The van der Waals surface area contributed by atoms with Crippen LogP contribution in [0, 0.1) is 5.92 Å². The molecule has 2 aliphatic rings. The number of rotatable bonds is 4. The van der Waals surface area contributed by atoms with Crippen molar-refractivity contribution in [3.8, 4) is 5.75 Å². The fourth-order valence-electron chi connectivity index (χ4n) is 3.69. The van der Waals surface area contributed by atoms with Crippen molar-refractivity contribution in [2.45, 2.75) is 64.9 Å². The minimum Gasteiger partial charge on any atom is -0.481 e. The van der Waals surface area contributed by atoms with Crippen molar-refractivity contribution in [1.82, 2.24) is 4.90 Å². The summed E-state index contributed by atoms with van der Waals surface area (Å²) in [6.07, 6.45) is 7.48. The van der Waals surface area contributed by atoms with E-state index in [2.05, 4.69) is 19.1 Å². The van der Waals surface area contributed by atoms with Gasteiger partial charge in [0.05, 0.1) is 0 Å². The maximum Gasteiger partial charge on any atom is 0.263 e. The van der Waals surface area contributed by atoms with Gasteiger partial charge in [-0.05, 0) is 74.1 Å². The van der Waals surface area contributed by atoms with Crippen molar-refractivity contribution in [3.05, 3.63) is 29.3 Å². The van der Waals surface area contributed by atoms with Crippen molar-refractivity contribution < 1.29 is 9.53 Å². The van der Waals surface area contributed by atoms with Gasteiger partial charge in [0, 0.05) is 13.1 Å². The number of fused-ring (bicyclic) bond motifs is 1. The van der Waals surface area contributed by atoms with Crippen LogP contribution in [0.15, 0.2) is 18.2 Å². The van der Waals surface area contributed by atoms with E-state index < -0.39 is 0 Å². The Morgan fingerprint density at radius 3 is 2.61 bits per heavy atom. The van der Waals surface area contributed by atoms with Crippen molar-refractivity contribution in [1.29, 1.82) is 0 Å². The van der Waals surface area contributed by atoms with Crippen LogP contribution >= 0.6 is 0 Å². The van der Waals surface area contributed by atoms with Gasteiger partial charge in [-0.2, -0.15) is 0 Å². The third-order valence-corrected chi connectivity index (χ3v) is 5.34. The minimum absolute atomic E-state index is 0.164. The first-order valence-corrected chi connectivity index (χ1v) is 9.24. The molecule has 1 amide bonds. The second-order valence-corrected chi connectivity index (χ2v) is 7.16. The van der Waals surface area contributed by atoms with Gasteiger partial charge in [-0.3, -0.25) is 4.79 Å². The summed E-state index contributed by atoms with van der Waals surface area (Å²) in [4.78, 5) is 14.7. The standard InChI is InChI=1S/C20H29NO2/c1-3-19(20(22)21-12-10-15(2)11-13-21)23-18-9-8-16-6-4-5-7-17(16)14-18/h8-9,14-15,19H,3-7,10-13H2,1-2H3. The quantitative estimate of drug-likeness (QED) is 0.841. The summed E-state index contributed by atoms with van der Waals surface area (Å²) in [5.41, 5.74) is 2.86. The van der Waals surface area contributed by atoms with Crippen LogP contribution in [0.3, 0.4) is 0 Å². The van der Waals surface area contributed by atoms with Crippen molar-refractivity contribution in [2.75, 3.05) is 13.1 Å². The summed E-state index contributed by atoms with van der Waals surface area (Å²) >= 11 is 0. The second-order valence-electron chi connectivity index (χ2n) is 7.16. The number of nitrogens with zero attached hydrogens (tertiary/aromatic N) is 1. The van der Waals surface area contributed by atoms with Gasteiger partial charge in [0.25, 0.3) is 5.91 Å². The van der Waals surface area contributed by atoms with Crippen LogP contribution in [0.5, 0.6) is 5.75 Å². The monoisotopic (exact) mass is 315 g/mol. The Kier molecular flexibility index (Phi) is 5.24. The van der Waals surface area contributed by atoms with Crippen LogP contribution in [0.1, 0.15) is 57.1 Å². The molecule has 1 heterocycles. The fourth-order valence-corrected chi connectivity index (χ4v) is 3.69. The Balaban J connectivity index is 1.65. The summed E-state index contributed by atoms with van der Waals surface area (Å²) < 4.78 is 6.08. The summed E-state index contributed by atoms with van der Waals surface area (Å²) in [7, 11) is 0. The van der Waals surface area contributed by atoms with E-state index >= 15 is 0 Å². The molecule has 1 atom stereocenters. The number of benzene rings is 1. The summed E-state index contributed by atoms with van der Waals surface area (Å²) in [6, 6.07) is 6.38. The Labute approximate surface area is 140 Å². The maximum absolute atomic E-state index is 12.7. The first-order valence-electron chi connectivity index (χ1n) is 9.24. The van der Waals surface area contributed by atoms with E-state index in [4.69, 9.17) is 4.74 Å². The summed E-state index contributed by atoms with van der Waals surface area (Å²) in [5, 5.41) is 0. The topological polar surface area (TPSA) is 29.5 Å². The normalized spacial score (nSPS) is 20.0. The Bertz CT molecular complexity index is 547. The molecule has 1 aliphatic carbocycles. The number of likely N-dealkylation sites (tertiary alicyclic amines) is 1. The molecule has 0 spiro atoms. The predicted octanol–water partition coefficient (Wildman–Crippen LogP) is 3.98. The van der Waals surface area contributed by atoms with E-state index in [1.54, 1.807) is 0 Å². The van der Waals surface area contributed by atoms with Crippen molar-refractivity contribution in [3.63, 3.8) is 0 Å². The number of piperidine rings is 1. The molecule has 1 unspecified atom stereocenters. The largest absolute Gasteiger partial charge is 0.481 e. The van der Waals surface area contributed by atoms with Crippen LogP contribution in [-0.4, -0.2) is 30.0 Å². The molecule has 0 bridgehead atoms. The zero-order valence-corrected chi connectivity index (χ0v) is 14.5. The van der Waals surface area contributed by atoms with Crippen LogP contribution in [0.2, 0.25) is 0 Å². The lowest BCUT2D eigenvalue weighted by Gasteiger charge is -2.33. The third kappa shape index (κ3) is 3.88. The van der Waals surface area contributed by atoms with Gasteiger partial charge < -0.3 is 9.64 Å². The van der Waals surface area contributed by atoms with E-state index in [1.807, 2.05) is 17.9 Å². The maximum atomic E-state index is 12.7. The second kappa shape index (κ2) is 7.37. The lowest BCUT2D eigenvalue weighted by atomic mass is 9.92. The van der Waals surface area contributed by atoms with Gasteiger partial charge >= 0.3 is 0 Å². The van der Waals surface area contributed by atoms with Crippen LogP contribution in [0.25, 0.3) is 0 Å². The first kappa shape index (κ1) is 16.4. The Morgan fingerprint density at radius 2 is 1.91 bits per heavy atom. The highest BCUT2D eigenvalue weighted by molar-refractivity contribution is 5.81. The zero-order valence-electron chi connectivity index (χ0n) is 14.5. The molecule has 3 nitrogen and oxygen atoms in total. The van der Waals surface area contributed by atoms with Crippen molar-refractivity contribution >= 4 is 5.91 Å². The van der Waals surface area contributed by atoms with Crippen LogP contribution in [-0.2, 0) is 17.6 Å². The van der Waals surface area contributed by atoms with E-state index in [-0.39, 0.29) is 12.0 Å². The molecule has 3 rings (SSSR count). The number of ether oxygens (including phenoxy) is 1. The lowest BCUT2D eigenvalue weighted by Crippen LogP contribution is -2.45. The molecule has 3 heteroatoms. The molecule has 126 valence electrons. The van der Waals surface area contributed by atoms with E-state index in [0.717, 1.165) is 50.4 Å². The fraction of sp³-hybridized carbons (Fsp3) is 0.650. The van der Waals surface area contributed by atoms with E-state index in [1.165, 1.54) is 30.4 Å². The van der Waals surface area contributed by atoms with E-state index in [0.29, 0.717) is 0 Å². The van der Waals surface area contributed by atoms with Gasteiger partial charge in [-0.25, -0.2) is 0 Å². The molecule has 0 radical (unpaired) electrons. The Morgan fingerprint density at radius 1 is 1.22 bits per heavy atom. The third-order valence-electron chi connectivity index (χ3n) is 5.34. The molecule has 0 N–H and O–H groups in total. The highest BCUT2D eigenvalue weighted by atomic mass is 16.5. The van der Waals surface area contributed by atoms with E-state index in [9.17, 15) is 4.79 Å². The molecule has 1 aromatic rings. The summed E-state index contributed by atoms with van der Waals surface area (Å²) in [5.74, 6) is 1.76. The zero-order chi connectivity index (χ0) is 16.2. The van der Waals surface area contributed by atoms with Crippen LogP contribution in [0.4, 0.5) is 0 Å². The molecule has 0 saturated carbocycles. The van der Waals surface area contributed by atoms with Gasteiger partial charge in [-0.15, -0.1) is 0 Å². The minimum atomic E-state index is -0.343. The molecular weight excluding hydrogens is 286 g/mol. The SMILES string of the molecule is CCC(Oc1ccc2c(c1)CCCC2)C(=O)N1CCC(C)CC1. The van der Waals surface area contributed by atoms with Crippen LogP contribution < -0.4 is 4.74 Å². The molecule has 1 saturated heterocycles. The number of aryl methyl sites for hydroxylation is 2. The molecule has 1 fully saturated rings. The molecular formula is C20H29NO2. The average Bonchev–Trinajstić information content (AvgIpc) is 2.59. The first-order chi connectivity index (χ1) is 11.2. The lowest BCUT2D eigenvalue weighted by molar-refractivity contribution is -0.140. The number of hydrogen-bond acceptors (Lipinski definition) is 2. The van der Waals surface area contributed by atoms with Gasteiger partial charge in [0.15, 0.2) is 6.10 Å². The van der Waals surface area contributed by atoms with Gasteiger partial charge in [0.1, 0.15) is 5.75 Å². The molecule has 1 aromatic carbocycles. The number of carbonyl (C=O) groups is 1. The highest BCUT2D eigenvalue weighted by Crippen LogP contribution is 2.26. The molecule has 1 aliphatic heterocycles. The summed E-state index contributed by atoms with van der Waals surface area (Å²) in [6.45, 7) is 6.06. The molecule has 23 heavy (non-hydrogen) atoms. The van der Waals surface area contributed by atoms with Gasteiger partial charge in [-0.1, -0.05) is 19.9 Å². The smallest absolute Gasteiger partial charge is 0.263 e. The molecule has 0 aromatic heterocycles. The highest BCUT2D eigenvalue weighted by Gasteiger charge is 2.27. The number of amides is 1. The number of carbonyl (C=O) groups excluding carboxylic acids is 1. The predicted molar refractivity (Wildman–Crippen MR) is 92.8 cm³/mol.